The van der Waals surface area contributed by atoms with Gasteiger partial charge >= 0.3 is 0 Å². The number of hydrogen-bond donors (Lipinski definition) is 0. The molecule has 1 aromatic carbocycles. The SMILES string of the molecule is CC(C)CC(=O)CCC1Cc2ccccc2S1. The van der Waals surface area contributed by atoms with Crippen molar-refractivity contribution in [2.75, 3.05) is 0 Å². The molecule has 1 aliphatic heterocycles. The number of benzene rings is 1. The number of hydrogen-bond acceptors (Lipinski definition) is 2. The molecule has 2 rings (SSSR count). The van der Waals surface area contributed by atoms with E-state index in [1.807, 2.05) is 11.8 Å². The van der Waals surface area contributed by atoms with Gasteiger partial charge in [-0.25, -0.2) is 0 Å². The molecule has 17 heavy (non-hydrogen) atoms. The van der Waals surface area contributed by atoms with Crippen molar-refractivity contribution in [3.63, 3.8) is 0 Å². The molecule has 0 saturated heterocycles. The Kier molecular flexibility index (Phi) is 4.27. The van der Waals surface area contributed by atoms with E-state index in [0.717, 1.165) is 25.7 Å². The van der Waals surface area contributed by atoms with Gasteiger partial charge in [0, 0.05) is 23.0 Å². The molecule has 0 spiro atoms. The van der Waals surface area contributed by atoms with Crippen molar-refractivity contribution in [2.45, 2.75) is 49.7 Å². The van der Waals surface area contributed by atoms with Crippen LogP contribution < -0.4 is 0 Å². The number of carbonyl (C=O) groups excluding carboxylic acids is 1. The van der Waals surface area contributed by atoms with Crippen molar-refractivity contribution >= 4 is 17.5 Å². The molecule has 0 aromatic heterocycles. The second kappa shape index (κ2) is 5.72. The minimum Gasteiger partial charge on any atom is -0.300 e. The van der Waals surface area contributed by atoms with E-state index in [9.17, 15) is 4.79 Å². The molecule has 0 fully saturated rings. The molecule has 2 heteroatoms. The van der Waals surface area contributed by atoms with Gasteiger partial charge in [0.25, 0.3) is 0 Å². The summed E-state index contributed by atoms with van der Waals surface area (Å²) in [5.41, 5.74) is 1.46. The molecule has 0 bridgehead atoms. The molecule has 1 heterocycles. The van der Waals surface area contributed by atoms with Crippen LogP contribution in [-0.4, -0.2) is 11.0 Å². The maximum atomic E-state index is 11.7. The highest BCUT2D eigenvalue weighted by Crippen LogP contribution is 2.38. The van der Waals surface area contributed by atoms with Gasteiger partial charge in [-0.15, -0.1) is 11.8 Å². The van der Waals surface area contributed by atoms with E-state index in [0.29, 0.717) is 17.0 Å². The lowest BCUT2D eigenvalue weighted by Crippen LogP contribution is -2.08. The van der Waals surface area contributed by atoms with E-state index < -0.39 is 0 Å². The van der Waals surface area contributed by atoms with Crippen LogP contribution in [0.3, 0.4) is 0 Å². The van der Waals surface area contributed by atoms with E-state index in [1.54, 1.807) is 0 Å². The van der Waals surface area contributed by atoms with E-state index in [2.05, 4.69) is 38.1 Å². The first-order chi connectivity index (χ1) is 8.15. The predicted molar refractivity (Wildman–Crippen MR) is 73.5 cm³/mol. The molecule has 1 nitrogen and oxygen atoms in total. The molecule has 92 valence electrons. The van der Waals surface area contributed by atoms with Crippen LogP contribution in [0, 0.1) is 5.92 Å². The van der Waals surface area contributed by atoms with Gasteiger partial charge in [-0.3, -0.25) is 4.79 Å². The molecule has 0 aliphatic carbocycles. The first-order valence-electron chi connectivity index (χ1n) is 6.41. The summed E-state index contributed by atoms with van der Waals surface area (Å²) in [6.45, 7) is 4.22. The normalized spacial score (nSPS) is 18.4. The van der Waals surface area contributed by atoms with Gasteiger partial charge in [0.2, 0.25) is 0 Å². The molecule has 0 saturated carbocycles. The van der Waals surface area contributed by atoms with Crippen LogP contribution in [0.15, 0.2) is 29.2 Å². The van der Waals surface area contributed by atoms with Crippen molar-refractivity contribution in [3.8, 4) is 0 Å². The minimum atomic E-state index is 0.427. The fraction of sp³-hybridized carbons (Fsp3) is 0.533. The zero-order valence-corrected chi connectivity index (χ0v) is 11.4. The van der Waals surface area contributed by atoms with Gasteiger partial charge in [0.15, 0.2) is 0 Å². The Labute approximate surface area is 108 Å². The summed E-state index contributed by atoms with van der Waals surface area (Å²) in [7, 11) is 0. The lowest BCUT2D eigenvalue weighted by molar-refractivity contribution is -0.119. The Bertz CT molecular complexity index is 373. The highest BCUT2D eigenvalue weighted by atomic mass is 32.2. The molecule has 0 amide bonds. The summed E-state index contributed by atoms with van der Waals surface area (Å²) in [5, 5.41) is 0.614. The predicted octanol–water partition coefficient (Wildman–Crippen LogP) is 4.10. The Hall–Kier alpha value is -0.760. The van der Waals surface area contributed by atoms with Gasteiger partial charge in [0.05, 0.1) is 0 Å². The van der Waals surface area contributed by atoms with Gasteiger partial charge < -0.3 is 0 Å². The number of thioether (sulfide) groups is 1. The summed E-state index contributed by atoms with van der Waals surface area (Å²) < 4.78 is 0. The fourth-order valence-corrected chi connectivity index (χ4v) is 3.61. The monoisotopic (exact) mass is 248 g/mol. The molecular weight excluding hydrogens is 228 g/mol. The number of Topliss-reactive ketones (excluding diaryl/α,β-unsaturated/α-hetero) is 1. The summed E-state index contributed by atoms with van der Waals surface area (Å²) in [4.78, 5) is 13.1. The van der Waals surface area contributed by atoms with Crippen molar-refractivity contribution < 1.29 is 4.79 Å². The van der Waals surface area contributed by atoms with Crippen LogP contribution in [0.4, 0.5) is 0 Å². The molecule has 0 N–H and O–H groups in total. The molecule has 1 atom stereocenters. The topological polar surface area (TPSA) is 17.1 Å². The first-order valence-corrected chi connectivity index (χ1v) is 7.29. The number of rotatable bonds is 5. The van der Waals surface area contributed by atoms with Crippen LogP contribution in [0.2, 0.25) is 0 Å². The van der Waals surface area contributed by atoms with E-state index in [1.165, 1.54) is 10.5 Å². The lowest BCUT2D eigenvalue weighted by atomic mass is 10.0. The zero-order chi connectivity index (χ0) is 12.3. The maximum Gasteiger partial charge on any atom is 0.133 e. The summed E-state index contributed by atoms with van der Waals surface area (Å²) in [5.74, 6) is 0.924. The van der Waals surface area contributed by atoms with Crippen molar-refractivity contribution in [1.29, 1.82) is 0 Å². The summed E-state index contributed by atoms with van der Waals surface area (Å²) in [6, 6.07) is 8.60. The summed E-state index contributed by atoms with van der Waals surface area (Å²) in [6.07, 6.45) is 3.66. The van der Waals surface area contributed by atoms with Crippen LogP contribution in [0.25, 0.3) is 0 Å². The van der Waals surface area contributed by atoms with E-state index in [-0.39, 0.29) is 0 Å². The minimum absolute atomic E-state index is 0.427. The molecule has 1 aliphatic rings. The van der Waals surface area contributed by atoms with Gasteiger partial charge in [-0.1, -0.05) is 32.0 Å². The number of carbonyl (C=O) groups is 1. The Morgan fingerprint density at radius 2 is 2.18 bits per heavy atom. The number of ketones is 1. The third-order valence-corrected chi connectivity index (χ3v) is 4.48. The fourth-order valence-electron chi connectivity index (χ4n) is 2.29. The van der Waals surface area contributed by atoms with E-state index >= 15 is 0 Å². The highest BCUT2D eigenvalue weighted by molar-refractivity contribution is 8.00. The standard InChI is InChI=1S/C15H20OS/c1-11(2)9-13(16)7-8-14-10-12-5-3-4-6-15(12)17-14/h3-6,11,14H,7-10H2,1-2H3. The third-order valence-electron chi connectivity index (χ3n) is 3.09. The van der Waals surface area contributed by atoms with Crippen molar-refractivity contribution in [3.05, 3.63) is 29.8 Å². The first kappa shape index (κ1) is 12.7. The Morgan fingerprint density at radius 3 is 2.88 bits per heavy atom. The smallest absolute Gasteiger partial charge is 0.133 e. The lowest BCUT2D eigenvalue weighted by Gasteiger charge is -2.08. The second-order valence-electron chi connectivity index (χ2n) is 5.23. The zero-order valence-electron chi connectivity index (χ0n) is 10.6. The molecule has 0 radical (unpaired) electrons. The molecule has 1 unspecified atom stereocenters. The van der Waals surface area contributed by atoms with Crippen LogP contribution in [0.1, 0.15) is 38.7 Å². The Balaban J connectivity index is 1.78. The van der Waals surface area contributed by atoms with Crippen molar-refractivity contribution in [1.82, 2.24) is 0 Å². The van der Waals surface area contributed by atoms with Crippen LogP contribution in [-0.2, 0) is 11.2 Å². The molecule has 1 aromatic rings. The maximum absolute atomic E-state index is 11.7. The highest BCUT2D eigenvalue weighted by Gasteiger charge is 2.22. The van der Waals surface area contributed by atoms with Gasteiger partial charge in [-0.05, 0) is 30.4 Å². The largest absolute Gasteiger partial charge is 0.300 e. The average molecular weight is 248 g/mol. The molecular formula is C15H20OS. The quantitative estimate of drug-likeness (QED) is 0.780. The summed E-state index contributed by atoms with van der Waals surface area (Å²) >= 11 is 1.94. The van der Waals surface area contributed by atoms with Crippen molar-refractivity contribution in [2.24, 2.45) is 5.92 Å². The van der Waals surface area contributed by atoms with E-state index in [4.69, 9.17) is 0 Å². The number of fused-ring (bicyclic) bond motifs is 1. The van der Waals surface area contributed by atoms with Crippen LogP contribution in [0.5, 0.6) is 0 Å². The average Bonchev–Trinajstić information content (AvgIpc) is 2.68. The second-order valence-corrected chi connectivity index (χ2v) is 6.57. The third kappa shape index (κ3) is 3.60. The Morgan fingerprint density at radius 1 is 1.41 bits per heavy atom. The van der Waals surface area contributed by atoms with Gasteiger partial charge in [0.1, 0.15) is 5.78 Å². The van der Waals surface area contributed by atoms with Gasteiger partial charge in [-0.2, -0.15) is 0 Å². The van der Waals surface area contributed by atoms with Crippen LogP contribution >= 0.6 is 11.8 Å².